The van der Waals surface area contributed by atoms with Crippen molar-refractivity contribution >= 4 is 22.6 Å². The highest BCUT2D eigenvalue weighted by Crippen LogP contribution is 2.25. The van der Waals surface area contributed by atoms with E-state index in [1.165, 1.54) is 5.56 Å². The first kappa shape index (κ1) is 23.9. The number of piperazine rings is 1. The fourth-order valence-electron chi connectivity index (χ4n) is 4.84. The van der Waals surface area contributed by atoms with E-state index in [-0.39, 0.29) is 5.78 Å². The molecule has 188 valence electrons. The van der Waals surface area contributed by atoms with Crippen LogP contribution in [0, 0.1) is 0 Å². The molecule has 0 saturated carbocycles. The maximum atomic E-state index is 12.5. The lowest BCUT2D eigenvalue weighted by atomic mass is 10.0. The molecule has 1 saturated heterocycles. The number of hydrogen-bond donors (Lipinski definition) is 0. The van der Waals surface area contributed by atoms with Gasteiger partial charge in [0.1, 0.15) is 11.5 Å². The molecule has 1 aliphatic heterocycles. The molecule has 38 heavy (non-hydrogen) atoms. The summed E-state index contributed by atoms with van der Waals surface area (Å²) in [5, 5.41) is 0. The van der Waals surface area contributed by atoms with Gasteiger partial charge in [0.25, 0.3) is 0 Å². The van der Waals surface area contributed by atoms with Gasteiger partial charge in [-0.05, 0) is 52.6 Å². The average molecular weight is 501 g/mol. The second kappa shape index (κ2) is 10.9. The van der Waals surface area contributed by atoms with Crippen molar-refractivity contribution in [3.05, 3.63) is 114 Å². The Labute approximate surface area is 221 Å². The van der Waals surface area contributed by atoms with Gasteiger partial charge in [0.05, 0.1) is 17.2 Å². The van der Waals surface area contributed by atoms with Gasteiger partial charge < -0.3 is 4.90 Å². The van der Waals surface area contributed by atoms with Crippen LogP contribution in [-0.4, -0.2) is 56.8 Å². The number of ketones is 1. The molecule has 7 nitrogen and oxygen atoms in total. The van der Waals surface area contributed by atoms with Crippen molar-refractivity contribution in [3.8, 4) is 11.1 Å². The van der Waals surface area contributed by atoms with Crippen molar-refractivity contribution in [3.63, 3.8) is 0 Å². The second-order valence-electron chi connectivity index (χ2n) is 9.57. The third-order valence-electron chi connectivity index (χ3n) is 6.96. The van der Waals surface area contributed by atoms with Gasteiger partial charge in [0, 0.05) is 57.7 Å². The van der Waals surface area contributed by atoms with E-state index in [0.717, 1.165) is 66.3 Å². The van der Waals surface area contributed by atoms with E-state index in [0.29, 0.717) is 12.1 Å². The molecule has 0 bridgehead atoms. The van der Waals surface area contributed by atoms with Crippen LogP contribution in [0.5, 0.6) is 0 Å². The van der Waals surface area contributed by atoms with Crippen molar-refractivity contribution in [1.82, 2.24) is 24.8 Å². The number of carbonyl (C=O) groups is 1. The first-order valence-electron chi connectivity index (χ1n) is 12.9. The first-order valence-corrected chi connectivity index (χ1v) is 12.9. The van der Waals surface area contributed by atoms with Crippen molar-refractivity contribution < 1.29 is 4.79 Å². The number of hydrogen-bond acceptors (Lipinski definition) is 7. The van der Waals surface area contributed by atoms with Crippen LogP contribution in [0.1, 0.15) is 21.6 Å². The average Bonchev–Trinajstić information content (AvgIpc) is 2.98. The Morgan fingerprint density at radius 2 is 1.58 bits per heavy atom. The summed E-state index contributed by atoms with van der Waals surface area (Å²) in [6.45, 7) is 4.70. The monoisotopic (exact) mass is 500 g/mol. The molecule has 5 aromatic rings. The molecule has 1 fully saturated rings. The summed E-state index contributed by atoms with van der Waals surface area (Å²) in [7, 11) is 0. The molecule has 0 unspecified atom stereocenters. The first-order chi connectivity index (χ1) is 18.7. The highest BCUT2D eigenvalue weighted by molar-refractivity contribution is 5.95. The van der Waals surface area contributed by atoms with Gasteiger partial charge in [-0.15, -0.1) is 0 Å². The minimum absolute atomic E-state index is 0.0183. The Balaban J connectivity index is 1.13. The maximum absolute atomic E-state index is 12.5. The predicted molar refractivity (Wildman–Crippen MR) is 149 cm³/mol. The topological polar surface area (TPSA) is 75.1 Å². The molecule has 0 amide bonds. The fourth-order valence-corrected chi connectivity index (χ4v) is 4.84. The smallest absolute Gasteiger partial charge is 0.185 e. The predicted octanol–water partition coefficient (Wildman–Crippen LogP) is 4.83. The van der Waals surface area contributed by atoms with E-state index in [1.807, 2.05) is 55.0 Å². The van der Waals surface area contributed by atoms with Crippen molar-refractivity contribution in [1.29, 1.82) is 0 Å². The van der Waals surface area contributed by atoms with E-state index in [2.05, 4.69) is 55.1 Å². The third-order valence-corrected chi connectivity index (χ3v) is 6.96. The highest BCUT2D eigenvalue weighted by atomic mass is 16.1. The SMILES string of the molecule is O=C(Cc1ccc(-c2ccc3ncc(N4CCN(Cc5cccnc5)CC4)nc3c2)cc1)c1ccccn1. The zero-order valence-corrected chi connectivity index (χ0v) is 21.1. The largest absolute Gasteiger partial charge is 0.353 e. The van der Waals surface area contributed by atoms with Crippen LogP contribution in [0.3, 0.4) is 0 Å². The Morgan fingerprint density at radius 1 is 0.737 bits per heavy atom. The third kappa shape index (κ3) is 5.43. The molecule has 6 rings (SSSR count). The summed E-state index contributed by atoms with van der Waals surface area (Å²) in [4.78, 5) is 35.3. The Hall–Kier alpha value is -4.49. The van der Waals surface area contributed by atoms with Crippen molar-refractivity contribution in [2.24, 2.45) is 0 Å². The summed E-state index contributed by atoms with van der Waals surface area (Å²) in [5.41, 5.74) is 6.62. The van der Waals surface area contributed by atoms with Crippen LogP contribution in [-0.2, 0) is 13.0 Å². The molecule has 4 heterocycles. The van der Waals surface area contributed by atoms with Gasteiger partial charge in [0.2, 0.25) is 0 Å². The lowest BCUT2D eigenvalue weighted by Gasteiger charge is -2.35. The van der Waals surface area contributed by atoms with Gasteiger partial charge in [0.15, 0.2) is 5.78 Å². The summed E-state index contributed by atoms with van der Waals surface area (Å²) in [6, 6.07) is 23.8. The van der Waals surface area contributed by atoms with Crippen LogP contribution < -0.4 is 4.90 Å². The van der Waals surface area contributed by atoms with Crippen LogP contribution >= 0.6 is 0 Å². The van der Waals surface area contributed by atoms with Gasteiger partial charge >= 0.3 is 0 Å². The van der Waals surface area contributed by atoms with Crippen LogP contribution in [0.15, 0.2) is 97.6 Å². The lowest BCUT2D eigenvalue weighted by Crippen LogP contribution is -2.46. The van der Waals surface area contributed by atoms with Gasteiger partial charge in [-0.3, -0.25) is 24.6 Å². The fraction of sp³-hybridized carbons (Fsp3) is 0.194. The van der Waals surface area contributed by atoms with Crippen LogP contribution in [0.25, 0.3) is 22.2 Å². The Kier molecular flexibility index (Phi) is 6.83. The van der Waals surface area contributed by atoms with Gasteiger partial charge in [-0.25, -0.2) is 4.98 Å². The molecule has 0 N–H and O–H groups in total. The molecule has 3 aromatic heterocycles. The highest BCUT2D eigenvalue weighted by Gasteiger charge is 2.19. The van der Waals surface area contributed by atoms with Gasteiger partial charge in [-0.1, -0.05) is 42.5 Å². The molecule has 0 aliphatic carbocycles. The number of anilines is 1. The number of benzene rings is 2. The quantitative estimate of drug-likeness (QED) is 0.296. The number of nitrogens with zero attached hydrogens (tertiary/aromatic N) is 6. The molecule has 1 aliphatic rings. The molecule has 0 atom stereocenters. The molecule has 0 radical (unpaired) electrons. The van der Waals surface area contributed by atoms with E-state index in [9.17, 15) is 4.79 Å². The number of pyridine rings is 2. The molecular weight excluding hydrogens is 472 g/mol. The number of aromatic nitrogens is 4. The van der Waals surface area contributed by atoms with E-state index in [4.69, 9.17) is 4.98 Å². The Bertz CT molecular complexity index is 1530. The van der Waals surface area contributed by atoms with Crippen molar-refractivity contribution in [2.45, 2.75) is 13.0 Å². The zero-order valence-electron chi connectivity index (χ0n) is 21.1. The van der Waals surface area contributed by atoms with Crippen molar-refractivity contribution in [2.75, 3.05) is 31.1 Å². The summed E-state index contributed by atoms with van der Waals surface area (Å²) in [5.74, 6) is 0.934. The number of rotatable bonds is 7. The van der Waals surface area contributed by atoms with E-state index >= 15 is 0 Å². The summed E-state index contributed by atoms with van der Waals surface area (Å²) >= 11 is 0. The Morgan fingerprint density at radius 3 is 2.34 bits per heavy atom. The lowest BCUT2D eigenvalue weighted by molar-refractivity contribution is 0.0988. The molecule has 7 heteroatoms. The minimum Gasteiger partial charge on any atom is -0.353 e. The number of Topliss-reactive ketones (excluding diaryl/α,β-unsaturated/α-hetero) is 1. The zero-order chi connectivity index (χ0) is 25.7. The summed E-state index contributed by atoms with van der Waals surface area (Å²) in [6.07, 6.45) is 7.61. The van der Waals surface area contributed by atoms with Gasteiger partial charge in [-0.2, -0.15) is 0 Å². The standard InChI is InChI=1S/C31H28N6O/c38-30(28-5-1-2-13-33-28)18-23-6-8-25(9-7-23)26-10-11-27-29(19-26)35-31(21-34-27)37-16-14-36(15-17-37)22-24-4-3-12-32-20-24/h1-13,19-21H,14-18,22H2. The molecule has 0 spiro atoms. The maximum Gasteiger partial charge on any atom is 0.185 e. The molecule has 2 aromatic carbocycles. The summed E-state index contributed by atoms with van der Waals surface area (Å²) < 4.78 is 0. The normalized spacial score (nSPS) is 14.1. The van der Waals surface area contributed by atoms with Crippen LogP contribution in [0.2, 0.25) is 0 Å². The molecular formula is C31H28N6O. The van der Waals surface area contributed by atoms with E-state index < -0.39 is 0 Å². The minimum atomic E-state index is 0.0183. The number of carbonyl (C=O) groups excluding carboxylic acids is 1. The van der Waals surface area contributed by atoms with E-state index in [1.54, 1.807) is 12.3 Å². The van der Waals surface area contributed by atoms with Crippen LogP contribution in [0.4, 0.5) is 5.82 Å². The second-order valence-corrected chi connectivity index (χ2v) is 9.57. The number of fused-ring (bicyclic) bond motifs is 1.